The second-order valence-corrected chi connectivity index (χ2v) is 6.86. The normalized spacial score (nSPS) is 19.4. The summed E-state index contributed by atoms with van der Waals surface area (Å²) in [5.41, 5.74) is 0.995. The number of ether oxygens (including phenoxy) is 3. The van der Waals surface area contributed by atoms with E-state index in [-0.39, 0.29) is 12.0 Å². The fourth-order valence-electron chi connectivity index (χ4n) is 3.28. The summed E-state index contributed by atoms with van der Waals surface area (Å²) in [6.07, 6.45) is 2.19. The van der Waals surface area contributed by atoms with Crippen molar-refractivity contribution in [2.75, 3.05) is 38.2 Å². The van der Waals surface area contributed by atoms with E-state index in [2.05, 4.69) is 5.32 Å². The molecule has 0 bridgehead atoms. The number of carbonyl (C=O) groups is 1. The predicted octanol–water partition coefficient (Wildman–Crippen LogP) is 2.64. The van der Waals surface area contributed by atoms with Gasteiger partial charge in [-0.2, -0.15) is 0 Å². The van der Waals surface area contributed by atoms with Gasteiger partial charge in [0.15, 0.2) is 5.79 Å². The third-order valence-electron chi connectivity index (χ3n) is 4.59. The molecule has 1 amide bonds. The summed E-state index contributed by atoms with van der Waals surface area (Å²) in [7, 11) is 0. The zero-order valence-corrected chi connectivity index (χ0v) is 15.1. The minimum absolute atomic E-state index is 0.167. The van der Waals surface area contributed by atoms with Crippen LogP contribution in [0, 0.1) is 0 Å². The van der Waals surface area contributed by atoms with Gasteiger partial charge in [0, 0.05) is 44.6 Å². The van der Waals surface area contributed by atoms with E-state index < -0.39 is 5.79 Å². The van der Waals surface area contributed by atoms with Crippen molar-refractivity contribution < 1.29 is 19.0 Å². The molecule has 2 aliphatic rings. The molecule has 1 aromatic carbocycles. The van der Waals surface area contributed by atoms with Crippen molar-refractivity contribution in [3.05, 3.63) is 24.3 Å². The van der Waals surface area contributed by atoms with Gasteiger partial charge in [0.2, 0.25) is 5.91 Å². The fraction of sp³-hybridized carbons (Fsp3) is 0.632. The zero-order chi connectivity index (χ0) is 17.7. The van der Waals surface area contributed by atoms with Crippen molar-refractivity contribution in [1.29, 1.82) is 0 Å². The summed E-state index contributed by atoms with van der Waals surface area (Å²) in [4.78, 5) is 14.3. The van der Waals surface area contributed by atoms with Crippen LogP contribution in [-0.4, -0.2) is 55.5 Å². The van der Waals surface area contributed by atoms with Crippen LogP contribution < -0.4 is 10.1 Å². The van der Waals surface area contributed by atoms with E-state index in [0.29, 0.717) is 39.3 Å². The summed E-state index contributed by atoms with van der Waals surface area (Å²) >= 11 is 0. The van der Waals surface area contributed by atoms with Crippen LogP contribution in [0.4, 0.5) is 5.69 Å². The molecule has 6 nitrogen and oxygen atoms in total. The second-order valence-electron chi connectivity index (χ2n) is 6.86. The largest absolute Gasteiger partial charge is 0.491 e. The number of piperidine rings is 1. The van der Waals surface area contributed by atoms with Crippen LogP contribution in [0.2, 0.25) is 0 Å². The van der Waals surface area contributed by atoms with E-state index in [1.807, 2.05) is 43.0 Å². The van der Waals surface area contributed by atoms with Gasteiger partial charge in [0.05, 0.1) is 19.3 Å². The Morgan fingerprint density at radius 3 is 2.44 bits per heavy atom. The number of likely N-dealkylation sites (tertiary alicyclic amines) is 1. The molecular formula is C19H28N2O4. The average Bonchev–Trinajstić information content (AvgIpc) is 3.04. The van der Waals surface area contributed by atoms with Crippen molar-refractivity contribution in [1.82, 2.24) is 4.90 Å². The Balaban J connectivity index is 1.38. The maximum Gasteiger partial charge on any atom is 0.224 e. The maximum absolute atomic E-state index is 12.4. The van der Waals surface area contributed by atoms with Crippen LogP contribution in [0.5, 0.6) is 5.75 Å². The summed E-state index contributed by atoms with van der Waals surface area (Å²) < 4.78 is 17.0. The van der Waals surface area contributed by atoms with Crippen LogP contribution >= 0.6 is 0 Å². The zero-order valence-electron chi connectivity index (χ0n) is 15.1. The third kappa shape index (κ3) is 4.86. The Labute approximate surface area is 149 Å². The molecule has 1 N–H and O–H groups in total. The van der Waals surface area contributed by atoms with Crippen molar-refractivity contribution >= 4 is 11.6 Å². The molecule has 0 radical (unpaired) electrons. The topological polar surface area (TPSA) is 60.0 Å². The standard InChI is InChI=1S/C19H28N2O4/c1-15(2)25-17-5-3-16(4-6-17)20-10-7-18(22)21-11-8-19(9-12-21)23-13-14-24-19/h3-6,15,20H,7-14H2,1-2H3. The van der Waals surface area contributed by atoms with Gasteiger partial charge in [-0.05, 0) is 38.1 Å². The molecule has 6 heteroatoms. The average molecular weight is 348 g/mol. The Hall–Kier alpha value is -1.79. The molecule has 2 fully saturated rings. The van der Waals surface area contributed by atoms with E-state index in [1.165, 1.54) is 0 Å². The first kappa shape index (κ1) is 18.0. The molecule has 0 aromatic heterocycles. The lowest BCUT2D eigenvalue weighted by Gasteiger charge is -2.37. The van der Waals surface area contributed by atoms with Gasteiger partial charge >= 0.3 is 0 Å². The molecule has 1 spiro atoms. The quantitative estimate of drug-likeness (QED) is 0.856. The summed E-state index contributed by atoms with van der Waals surface area (Å²) in [5, 5.41) is 3.29. The first-order valence-corrected chi connectivity index (χ1v) is 9.13. The number of amides is 1. The predicted molar refractivity (Wildman–Crippen MR) is 95.8 cm³/mol. The first-order chi connectivity index (χ1) is 12.1. The number of anilines is 1. The molecule has 1 aromatic rings. The molecule has 0 saturated carbocycles. The SMILES string of the molecule is CC(C)Oc1ccc(NCCC(=O)N2CCC3(CC2)OCCO3)cc1. The highest BCUT2D eigenvalue weighted by molar-refractivity contribution is 5.76. The van der Waals surface area contributed by atoms with Crippen molar-refractivity contribution in [3.63, 3.8) is 0 Å². The minimum atomic E-state index is -0.422. The number of rotatable bonds is 6. The number of hydrogen-bond acceptors (Lipinski definition) is 5. The molecule has 3 rings (SSSR count). The van der Waals surface area contributed by atoms with Crippen molar-refractivity contribution in [2.45, 2.75) is 45.0 Å². The van der Waals surface area contributed by atoms with Crippen LogP contribution in [0.25, 0.3) is 0 Å². The molecular weight excluding hydrogens is 320 g/mol. The van der Waals surface area contributed by atoms with Crippen LogP contribution in [0.1, 0.15) is 33.1 Å². The third-order valence-corrected chi connectivity index (χ3v) is 4.59. The lowest BCUT2D eigenvalue weighted by atomic mass is 10.0. The van der Waals surface area contributed by atoms with E-state index in [0.717, 1.165) is 24.3 Å². The van der Waals surface area contributed by atoms with Gasteiger partial charge in [0.25, 0.3) is 0 Å². The minimum Gasteiger partial charge on any atom is -0.491 e. The van der Waals surface area contributed by atoms with E-state index in [1.54, 1.807) is 0 Å². The Kier molecular flexibility index (Phi) is 5.81. The molecule has 0 aliphatic carbocycles. The number of nitrogens with zero attached hydrogens (tertiary/aromatic N) is 1. The number of carbonyl (C=O) groups excluding carboxylic acids is 1. The smallest absolute Gasteiger partial charge is 0.224 e. The lowest BCUT2D eigenvalue weighted by Crippen LogP contribution is -2.47. The highest BCUT2D eigenvalue weighted by atomic mass is 16.7. The summed E-state index contributed by atoms with van der Waals surface area (Å²) in [6.45, 7) is 7.38. The van der Waals surface area contributed by atoms with Crippen LogP contribution in [-0.2, 0) is 14.3 Å². The van der Waals surface area contributed by atoms with Gasteiger partial charge in [-0.1, -0.05) is 0 Å². The van der Waals surface area contributed by atoms with E-state index in [4.69, 9.17) is 14.2 Å². The molecule has 2 saturated heterocycles. The maximum atomic E-state index is 12.4. The summed E-state index contributed by atoms with van der Waals surface area (Å²) in [6, 6.07) is 7.83. The van der Waals surface area contributed by atoms with Gasteiger partial charge in [0.1, 0.15) is 5.75 Å². The van der Waals surface area contributed by atoms with Crippen molar-refractivity contribution in [3.8, 4) is 5.75 Å². The Bertz CT molecular complexity index is 557. The van der Waals surface area contributed by atoms with E-state index >= 15 is 0 Å². The fourth-order valence-corrected chi connectivity index (χ4v) is 3.28. The van der Waals surface area contributed by atoms with Crippen LogP contribution in [0.3, 0.4) is 0 Å². The number of benzene rings is 1. The molecule has 0 unspecified atom stereocenters. The molecule has 138 valence electrons. The monoisotopic (exact) mass is 348 g/mol. The van der Waals surface area contributed by atoms with E-state index in [9.17, 15) is 4.79 Å². The van der Waals surface area contributed by atoms with Crippen LogP contribution in [0.15, 0.2) is 24.3 Å². The number of hydrogen-bond donors (Lipinski definition) is 1. The lowest BCUT2D eigenvalue weighted by molar-refractivity contribution is -0.187. The van der Waals surface area contributed by atoms with Crippen molar-refractivity contribution in [2.24, 2.45) is 0 Å². The van der Waals surface area contributed by atoms with Gasteiger partial charge in [-0.3, -0.25) is 4.79 Å². The summed E-state index contributed by atoms with van der Waals surface area (Å²) in [5.74, 6) is 0.616. The Morgan fingerprint density at radius 1 is 1.20 bits per heavy atom. The molecule has 2 aliphatic heterocycles. The van der Waals surface area contributed by atoms with Gasteiger partial charge in [-0.25, -0.2) is 0 Å². The van der Waals surface area contributed by atoms with Gasteiger partial charge in [-0.15, -0.1) is 0 Å². The number of nitrogens with one attached hydrogen (secondary N) is 1. The highest BCUT2D eigenvalue weighted by Gasteiger charge is 2.40. The molecule has 2 heterocycles. The first-order valence-electron chi connectivity index (χ1n) is 9.13. The highest BCUT2D eigenvalue weighted by Crippen LogP contribution is 2.31. The molecule has 25 heavy (non-hydrogen) atoms. The molecule has 0 atom stereocenters. The second kappa shape index (κ2) is 8.06. The Morgan fingerprint density at radius 2 is 1.84 bits per heavy atom. The van der Waals surface area contributed by atoms with Gasteiger partial charge < -0.3 is 24.4 Å².